The number of aliphatic hydroxyl groups excluding tert-OH is 3. The van der Waals surface area contributed by atoms with E-state index in [1.165, 1.54) is 76.7 Å². The summed E-state index contributed by atoms with van der Waals surface area (Å²) in [6.45, 7) is 4.27. The van der Waals surface area contributed by atoms with Crippen LogP contribution in [0.15, 0.2) is 53.5 Å². The molecule has 19 nitrogen and oxygen atoms in total. The molecule has 414 valence electrons. The van der Waals surface area contributed by atoms with Crippen LogP contribution in [0.3, 0.4) is 0 Å². The lowest BCUT2D eigenvalue weighted by Crippen LogP contribution is -2.36. The van der Waals surface area contributed by atoms with Crippen molar-refractivity contribution in [3.63, 3.8) is 0 Å². The van der Waals surface area contributed by atoms with E-state index in [-0.39, 0.29) is 18.7 Å². The molecule has 72 heavy (non-hydrogen) atoms. The Kier molecular flexibility index (Phi) is 34.8. The van der Waals surface area contributed by atoms with E-state index in [1.807, 2.05) is 18.2 Å². The van der Waals surface area contributed by atoms with Gasteiger partial charge in [-0.1, -0.05) is 179 Å². The molecule has 7 N–H and O–H groups in total. The van der Waals surface area contributed by atoms with E-state index in [2.05, 4.69) is 42.2 Å². The highest BCUT2D eigenvalue weighted by Crippen LogP contribution is 2.60. The highest BCUT2D eigenvalue weighted by atomic mass is 31.3. The number of anilines is 1. The van der Waals surface area contributed by atoms with Gasteiger partial charge in [-0.2, -0.15) is 9.29 Å². The Balaban J connectivity index is 1.80. The zero-order valence-corrected chi connectivity index (χ0v) is 45.0. The van der Waals surface area contributed by atoms with Gasteiger partial charge < -0.3 is 45.1 Å². The predicted molar refractivity (Wildman–Crippen MR) is 276 cm³/mol. The molecule has 1 aromatic rings. The number of carbonyl (C=O) groups excluding carboxylic acids is 2. The Morgan fingerprint density at radius 3 is 1.86 bits per heavy atom. The summed E-state index contributed by atoms with van der Waals surface area (Å²) >= 11 is 0. The fraction of sp³-hybridized carbons (Fsp3) is 0.765. The lowest BCUT2D eigenvalue weighted by Gasteiger charge is -2.21. The smallest absolute Gasteiger partial charge is 0.462 e. The van der Waals surface area contributed by atoms with E-state index in [0.717, 1.165) is 74.5 Å². The number of rotatable bonds is 43. The topological polar surface area (TPSA) is 286 Å². The first-order chi connectivity index (χ1) is 34.4. The molecule has 0 aromatic carbocycles. The normalized spacial score (nSPS) is 19.8. The van der Waals surface area contributed by atoms with Crippen molar-refractivity contribution in [2.24, 2.45) is 5.92 Å². The maximum Gasteiger partial charge on any atom is 0.481 e. The van der Waals surface area contributed by atoms with Gasteiger partial charge in [-0.3, -0.25) is 23.2 Å². The molecule has 0 saturated carbocycles. The van der Waals surface area contributed by atoms with Gasteiger partial charge >= 0.3 is 33.3 Å². The summed E-state index contributed by atoms with van der Waals surface area (Å²) < 4.78 is 56.8. The maximum atomic E-state index is 12.9. The van der Waals surface area contributed by atoms with Crippen LogP contribution in [0.2, 0.25) is 0 Å². The van der Waals surface area contributed by atoms with Crippen molar-refractivity contribution in [3.05, 3.63) is 59.2 Å². The molecule has 8 atom stereocenters. The number of phosphoric acid groups is 2. The molecule has 21 heteroatoms. The summed E-state index contributed by atoms with van der Waals surface area (Å²) in [6.07, 6.45) is 29.6. The highest BCUT2D eigenvalue weighted by Gasteiger charge is 2.46. The van der Waals surface area contributed by atoms with Crippen molar-refractivity contribution in [1.29, 1.82) is 0 Å². The zero-order chi connectivity index (χ0) is 53.0. The quantitative estimate of drug-likeness (QED) is 0.0117. The second-order valence-corrected chi connectivity index (χ2v) is 22.1. The standard InChI is InChI=1S/C51H89N3O16P2/c1-4-5-6-7-17-22-27-32-42(55)33-28-23-20-25-30-35-47(57)68-43(38-65-46(56)34-29-24-19-16-14-12-10-8-9-11-13-15-18-21-26-31-41(2)3)39-66-71(61,62)70-72(63,64)67-40-44-48(58)49(59)50(69-44)54-37-36-45(52)53-51(54)60/h5-6,17,22,27,32,36-37,41-44,48-50,55,58-59H,4,7-16,18-21,23-26,28-31,33-35,38-40H2,1-3H3,(H,61,62)(H,63,64)(H2,52,53,60)/b6-5+,22-17+,32-27+/t42?,43-,44-,48-,49-,50-/m1/s1. The molecule has 0 aliphatic carbocycles. The summed E-state index contributed by atoms with van der Waals surface area (Å²) in [4.78, 5) is 62.0. The van der Waals surface area contributed by atoms with Gasteiger partial charge in [0.2, 0.25) is 0 Å². The van der Waals surface area contributed by atoms with Gasteiger partial charge in [-0.05, 0) is 44.1 Å². The molecule has 1 aliphatic rings. The van der Waals surface area contributed by atoms with Gasteiger partial charge in [0.05, 0.1) is 19.3 Å². The molecule has 1 aromatic heterocycles. The number of ether oxygens (including phenoxy) is 3. The molecule has 2 heterocycles. The third kappa shape index (κ3) is 31.6. The van der Waals surface area contributed by atoms with Gasteiger partial charge in [0.25, 0.3) is 0 Å². The van der Waals surface area contributed by atoms with E-state index >= 15 is 0 Å². The third-order valence-corrected chi connectivity index (χ3v) is 14.6. The Morgan fingerprint density at radius 1 is 0.750 bits per heavy atom. The van der Waals surface area contributed by atoms with E-state index in [9.17, 15) is 48.6 Å². The molecule has 3 unspecified atom stereocenters. The van der Waals surface area contributed by atoms with Crippen LogP contribution in [0.5, 0.6) is 0 Å². The monoisotopic (exact) mass is 1060 g/mol. The fourth-order valence-electron chi connectivity index (χ4n) is 7.92. The van der Waals surface area contributed by atoms with E-state index in [4.69, 9.17) is 29.0 Å². The molecular weight excluding hydrogens is 973 g/mol. The number of esters is 2. The second kappa shape index (κ2) is 38.5. The van der Waals surface area contributed by atoms with Crippen LogP contribution >= 0.6 is 15.6 Å². The molecule has 0 amide bonds. The van der Waals surface area contributed by atoms with E-state index in [0.29, 0.717) is 25.7 Å². The SMILES string of the molecule is CC/C=C/C/C=C/C=C/C(O)CCCCCCCC(=O)O[C@H](COC(=O)CCCCCCCCCCCCCCCCCC(C)C)COP(=O)(O)OP(=O)(O)OC[C@H]1O[C@@H](n2ccc(N)nc2=O)[C@H](O)[C@@H]1O. The van der Waals surface area contributed by atoms with Crippen LogP contribution in [-0.4, -0.2) is 96.9 Å². The maximum absolute atomic E-state index is 12.9. The number of unbranched alkanes of at least 4 members (excludes halogenated alkanes) is 18. The molecule has 1 aliphatic heterocycles. The van der Waals surface area contributed by atoms with Gasteiger partial charge in [0.15, 0.2) is 12.3 Å². The summed E-state index contributed by atoms with van der Waals surface area (Å²) in [5.74, 6) is -0.572. The Hall–Kier alpha value is -3.06. The van der Waals surface area contributed by atoms with Crippen LogP contribution < -0.4 is 11.4 Å². The number of aliphatic hydroxyl groups is 3. The fourth-order valence-corrected chi connectivity index (χ4v) is 10.0. The van der Waals surface area contributed by atoms with Crippen molar-refractivity contribution in [2.75, 3.05) is 25.6 Å². The van der Waals surface area contributed by atoms with Gasteiger partial charge in [-0.25, -0.2) is 13.9 Å². The predicted octanol–water partition coefficient (Wildman–Crippen LogP) is 10.00. The number of hydrogen-bond donors (Lipinski definition) is 6. The summed E-state index contributed by atoms with van der Waals surface area (Å²) in [6, 6.07) is 1.24. The Morgan fingerprint density at radius 2 is 1.29 bits per heavy atom. The summed E-state index contributed by atoms with van der Waals surface area (Å²) in [5.41, 5.74) is 4.58. The van der Waals surface area contributed by atoms with Crippen LogP contribution in [0.4, 0.5) is 5.82 Å². The van der Waals surface area contributed by atoms with E-state index in [1.54, 1.807) is 6.08 Å². The molecule has 0 spiro atoms. The van der Waals surface area contributed by atoms with Crippen LogP contribution in [0.25, 0.3) is 0 Å². The molecule has 2 rings (SSSR count). The average Bonchev–Trinajstić information content (AvgIpc) is 3.60. The Labute approximate surface area is 428 Å². The summed E-state index contributed by atoms with van der Waals surface area (Å²) in [7, 11) is -10.9. The number of hydrogen-bond acceptors (Lipinski definition) is 16. The Bertz CT molecular complexity index is 1880. The first-order valence-electron chi connectivity index (χ1n) is 26.5. The van der Waals surface area contributed by atoms with Crippen molar-refractivity contribution in [1.82, 2.24) is 9.55 Å². The van der Waals surface area contributed by atoms with Gasteiger partial charge in [0.1, 0.15) is 30.7 Å². The first-order valence-corrected chi connectivity index (χ1v) is 29.5. The van der Waals surface area contributed by atoms with E-state index < -0.39 is 89.8 Å². The van der Waals surface area contributed by atoms with Crippen molar-refractivity contribution >= 4 is 33.4 Å². The van der Waals surface area contributed by atoms with Crippen molar-refractivity contribution < 1.29 is 71.4 Å². The highest BCUT2D eigenvalue weighted by molar-refractivity contribution is 7.61. The number of aromatic nitrogens is 2. The first kappa shape index (κ1) is 65.1. The average molecular weight is 1060 g/mol. The van der Waals surface area contributed by atoms with Gasteiger partial charge in [0, 0.05) is 19.0 Å². The van der Waals surface area contributed by atoms with Crippen LogP contribution in [0, 0.1) is 5.92 Å². The second-order valence-electron chi connectivity index (χ2n) is 19.0. The molecule has 1 saturated heterocycles. The largest absolute Gasteiger partial charge is 0.481 e. The molecular formula is C51H89N3O16P2. The van der Waals surface area contributed by atoms with Crippen LogP contribution in [0.1, 0.15) is 194 Å². The zero-order valence-electron chi connectivity index (χ0n) is 43.3. The number of nitrogens with zero attached hydrogens (tertiary/aromatic N) is 2. The molecule has 0 bridgehead atoms. The molecule has 0 radical (unpaired) electrons. The minimum absolute atomic E-state index is 0.0184. The number of nitrogen functional groups attached to an aromatic ring is 1. The van der Waals surface area contributed by atoms with Crippen LogP contribution in [-0.2, 0) is 46.3 Å². The molecule has 1 fully saturated rings. The van der Waals surface area contributed by atoms with Crippen molar-refractivity contribution in [3.8, 4) is 0 Å². The van der Waals surface area contributed by atoms with Gasteiger partial charge in [-0.15, -0.1) is 0 Å². The lowest BCUT2D eigenvalue weighted by molar-refractivity contribution is -0.161. The van der Waals surface area contributed by atoms with Crippen molar-refractivity contribution in [2.45, 2.75) is 224 Å². The number of allylic oxidation sites excluding steroid dienone is 5. The number of carbonyl (C=O) groups is 2. The lowest BCUT2D eigenvalue weighted by atomic mass is 10.0. The minimum atomic E-state index is -5.44. The minimum Gasteiger partial charge on any atom is -0.462 e. The number of nitrogens with two attached hydrogens (primary N) is 1. The third-order valence-electron chi connectivity index (χ3n) is 12.0. The summed E-state index contributed by atoms with van der Waals surface area (Å²) in [5, 5.41) is 31.1. The number of phosphoric ester groups is 2.